The summed E-state index contributed by atoms with van der Waals surface area (Å²) in [6, 6.07) is 2.64. The Labute approximate surface area is 240 Å². The molecular weight excluding hydrogens is 564 g/mol. The van der Waals surface area contributed by atoms with E-state index in [2.05, 4.69) is 10.6 Å². The van der Waals surface area contributed by atoms with Crippen molar-refractivity contribution in [2.45, 2.75) is 93.9 Å². The number of rotatable bonds is 10. The number of nitrogens with one attached hydrogen (secondary N) is 2. The molecule has 1 aromatic carbocycles. The van der Waals surface area contributed by atoms with Gasteiger partial charge >= 0.3 is 5.97 Å². The van der Waals surface area contributed by atoms with Gasteiger partial charge in [0, 0.05) is 20.5 Å². The van der Waals surface area contributed by atoms with Crippen LogP contribution in [-0.2, 0) is 39.8 Å². The summed E-state index contributed by atoms with van der Waals surface area (Å²) in [6.07, 6.45) is -13.8. The molecule has 2 aliphatic rings. The zero-order valence-corrected chi connectivity index (χ0v) is 23.4. The number of methoxy groups -OCH3 is 1. The predicted molar refractivity (Wildman–Crippen MR) is 139 cm³/mol. The molecule has 2 saturated heterocycles. The topological polar surface area (TPSA) is 254 Å². The lowest BCUT2D eigenvalue weighted by molar-refractivity contribution is -0.325. The SMILES string of the molecule is CO[C@@H]1C(C(=O)N[C@](C)(Cc2ccc(O)c(O)c2)C(=O)O)O[C@@H](O[C@@H]2C(NC(C)=O)[C@H](C)OC(CO)[C@H]2O)C(O)[C@H]1O. The smallest absolute Gasteiger partial charge is 0.329 e. The Morgan fingerprint density at radius 1 is 1.02 bits per heavy atom. The number of benzene rings is 1. The van der Waals surface area contributed by atoms with Crippen LogP contribution < -0.4 is 10.6 Å². The van der Waals surface area contributed by atoms with Crippen LogP contribution in [0.25, 0.3) is 0 Å². The number of aliphatic carboxylic acids is 1. The molecule has 0 saturated carbocycles. The van der Waals surface area contributed by atoms with Crippen molar-refractivity contribution in [3.63, 3.8) is 0 Å². The van der Waals surface area contributed by atoms with Gasteiger partial charge in [0.05, 0.1) is 18.8 Å². The number of aliphatic hydroxyl groups is 4. The number of carbonyl (C=O) groups is 3. The Balaban J connectivity index is 1.87. The van der Waals surface area contributed by atoms with Crippen LogP contribution in [0.1, 0.15) is 26.3 Å². The molecule has 11 atom stereocenters. The van der Waals surface area contributed by atoms with Crippen LogP contribution in [0.15, 0.2) is 18.2 Å². The van der Waals surface area contributed by atoms with E-state index in [1.807, 2.05) is 0 Å². The molecule has 0 aliphatic carbocycles. The van der Waals surface area contributed by atoms with Crippen molar-refractivity contribution >= 4 is 17.8 Å². The van der Waals surface area contributed by atoms with Crippen molar-refractivity contribution < 1.29 is 69.1 Å². The molecule has 3 rings (SSSR count). The summed E-state index contributed by atoms with van der Waals surface area (Å²) < 4.78 is 22.3. The summed E-state index contributed by atoms with van der Waals surface area (Å²) in [7, 11) is 1.13. The molecule has 9 N–H and O–H groups in total. The van der Waals surface area contributed by atoms with Gasteiger partial charge in [0.1, 0.15) is 42.2 Å². The third-order valence-electron chi connectivity index (χ3n) is 7.35. The second kappa shape index (κ2) is 13.5. The number of carboxylic acid groups (broad SMARTS) is 1. The molecule has 42 heavy (non-hydrogen) atoms. The molecule has 16 heteroatoms. The normalized spacial score (nSPS) is 34.7. The van der Waals surface area contributed by atoms with Gasteiger partial charge in [-0.2, -0.15) is 0 Å². The van der Waals surface area contributed by atoms with E-state index < -0.39 is 103 Å². The van der Waals surface area contributed by atoms with Gasteiger partial charge in [-0.25, -0.2) is 4.79 Å². The van der Waals surface area contributed by atoms with Crippen LogP contribution in [0.4, 0.5) is 0 Å². The fourth-order valence-corrected chi connectivity index (χ4v) is 5.06. The zero-order chi connectivity index (χ0) is 31.5. The third-order valence-corrected chi connectivity index (χ3v) is 7.35. The van der Waals surface area contributed by atoms with Crippen LogP contribution in [0.3, 0.4) is 0 Å². The summed E-state index contributed by atoms with van der Waals surface area (Å²) in [5.74, 6) is -3.96. The molecule has 0 bridgehead atoms. The Kier molecular flexibility index (Phi) is 10.7. The summed E-state index contributed by atoms with van der Waals surface area (Å²) in [4.78, 5) is 37.5. The Morgan fingerprint density at radius 3 is 2.24 bits per heavy atom. The summed E-state index contributed by atoms with van der Waals surface area (Å²) in [5.41, 5.74) is -1.73. The fourth-order valence-electron chi connectivity index (χ4n) is 5.06. The number of ether oxygens (including phenoxy) is 4. The Bertz CT molecular complexity index is 1140. The van der Waals surface area contributed by atoms with Crippen molar-refractivity contribution in [1.82, 2.24) is 10.6 Å². The van der Waals surface area contributed by atoms with Gasteiger partial charge in [0.15, 0.2) is 23.9 Å². The first-order valence-electron chi connectivity index (χ1n) is 13.1. The van der Waals surface area contributed by atoms with Crippen LogP contribution in [0, 0.1) is 0 Å². The minimum Gasteiger partial charge on any atom is -0.504 e. The number of carboxylic acids is 1. The molecule has 2 heterocycles. The molecule has 4 unspecified atom stereocenters. The number of phenolic OH excluding ortho intramolecular Hbond substituents is 2. The maximum atomic E-state index is 13.4. The average Bonchev–Trinajstić information content (AvgIpc) is 2.91. The molecule has 2 fully saturated rings. The summed E-state index contributed by atoms with van der Waals surface area (Å²) in [6.45, 7) is 3.34. The Morgan fingerprint density at radius 2 is 1.69 bits per heavy atom. The fraction of sp³-hybridized carbons (Fsp3) is 0.654. The third kappa shape index (κ3) is 7.09. The quantitative estimate of drug-likeness (QED) is 0.122. The van der Waals surface area contributed by atoms with Gasteiger partial charge in [-0.15, -0.1) is 0 Å². The molecule has 0 radical (unpaired) electrons. The lowest BCUT2D eigenvalue weighted by Crippen LogP contribution is -2.68. The van der Waals surface area contributed by atoms with Gasteiger partial charge in [-0.05, 0) is 31.5 Å². The van der Waals surface area contributed by atoms with Crippen LogP contribution in [0.5, 0.6) is 11.5 Å². The van der Waals surface area contributed by atoms with Crippen molar-refractivity contribution in [2.75, 3.05) is 13.7 Å². The first kappa shape index (κ1) is 33.4. The van der Waals surface area contributed by atoms with Gasteiger partial charge in [-0.3, -0.25) is 9.59 Å². The van der Waals surface area contributed by atoms with Crippen molar-refractivity contribution in [1.29, 1.82) is 0 Å². The molecule has 1 aromatic rings. The van der Waals surface area contributed by atoms with Gasteiger partial charge in [0.25, 0.3) is 5.91 Å². The molecule has 2 aliphatic heterocycles. The van der Waals surface area contributed by atoms with E-state index >= 15 is 0 Å². The van der Waals surface area contributed by atoms with E-state index in [1.165, 1.54) is 19.9 Å². The number of hydrogen-bond acceptors (Lipinski definition) is 13. The maximum absolute atomic E-state index is 13.4. The largest absolute Gasteiger partial charge is 0.504 e. The van der Waals surface area contributed by atoms with Crippen LogP contribution in [-0.4, -0.2) is 134 Å². The number of aliphatic hydroxyl groups excluding tert-OH is 4. The minimum absolute atomic E-state index is 0.255. The predicted octanol–water partition coefficient (Wildman–Crippen LogP) is -2.91. The summed E-state index contributed by atoms with van der Waals surface area (Å²) >= 11 is 0. The highest BCUT2D eigenvalue weighted by Crippen LogP contribution is 2.31. The monoisotopic (exact) mass is 602 g/mol. The van der Waals surface area contributed by atoms with E-state index in [4.69, 9.17) is 18.9 Å². The van der Waals surface area contributed by atoms with Crippen molar-refractivity contribution in [3.8, 4) is 11.5 Å². The standard InChI is InChI=1S/C26H38N2O14/c1-10-16(27-11(2)30)20(17(33)15(9-29)40-10)41-24-19(35)18(34)21(39-4)22(42-24)23(36)28-26(3,25(37)38)8-12-5-6-13(31)14(32)7-12/h5-7,10,15-22,24,29,31-35H,8-9H2,1-4H3,(H,27,30)(H,28,36)(H,37,38)/t10-,15?,16?,17+,18+,19?,20+,21-,22?,24+,26+/m0/s1. The number of carbonyl (C=O) groups excluding carboxylic acids is 2. The molecule has 236 valence electrons. The number of amides is 2. The van der Waals surface area contributed by atoms with E-state index in [9.17, 15) is 50.1 Å². The van der Waals surface area contributed by atoms with E-state index in [0.29, 0.717) is 0 Å². The van der Waals surface area contributed by atoms with E-state index in [-0.39, 0.29) is 12.0 Å². The molecule has 0 spiro atoms. The van der Waals surface area contributed by atoms with E-state index in [0.717, 1.165) is 19.2 Å². The Hall–Kier alpha value is -3.09. The lowest BCUT2D eigenvalue weighted by atomic mass is 9.91. The minimum atomic E-state index is -1.99. The summed E-state index contributed by atoms with van der Waals surface area (Å²) in [5, 5.41) is 76.2. The zero-order valence-electron chi connectivity index (χ0n) is 23.4. The van der Waals surface area contributed by atoms with Crippen LogP contribution >= 0.6 is 0 Å². The van der Waals surface area contributed by atoms with Crippen molar-refractivity contribution in [2.24, 2.45) is 0 Å². The highest BCUT2D eigenvalue weighted by atomic mass is 16.7. The number of hydrogen-bond donors (Lipinski definition) is 9. The van der Waals surface area contributed by atoms with Gasteiger partial charge in [-0.1, -0.05) is 6.07 Å². The first-order chi connectivity index (χ1) is 19.6. The average molecular weight is 603 g/mol. The highest BCUT2D eigenvalue weighted by Gasteiger charge is 2.53. The number of phenols is 2. The first-order valence-corrected chi connectivity index (χ1v) is 13.1. The molecule has 0 aromatic heterocycles. The van der Waals surface area contributed by atoms with Gasteiger partial charge in [0.2, 0.25) is 5.91 Å². The van der Waals surface area contributed by atoms with E-state index in [1.54, 1.807) is 6.92 Å². The maximum Gasteiger partial charge on any atom is 0.329 e. The highest BCUT2D eigenvalue weighted by molar-refractivity contribution is 5.89. The second-order valence-corrected chi connectivity index (χ2v) is 10.6. The molecule has 16 nitrogen and oxygen atoms in total. The van der Waals surface area contributed by atoms with Gasteiger partial charge < -0.3 is 65.3 Å². The van der Waals surface area contributed by atoms with Crippen LogP contribution in [0.2, 0.25) is 0 Å². The number of aromatic hydroxyl groups is 2. The van der Waals surface area contributed by atoms with Crippen molar-refractivity contribution in [3.05, 3.63) is 23.8 Å². The second-order valence-electron chi connectivity index (χ2n) is 10.6. The molecular formula is C26H38N2O14. The lowest BCUT2D eigenvalue weighted by Gasteiger charge is -2.47. The molecule has 2 amide bonds.